The van der Waals surface area contributed by atoms with Crippen molar-refractivity contribution in [3.05, 3.63) is 53.6 Å². The summed E-state index contributed by atoms with van der Waals surface area (Å²) in [5, 5.41) is 0. The minimum absolute atomic E-state index is 0.00388. The van der Waals surface area contributed by atoms with Crippen LogP contribution in [-0.4, -0.2) is 25.8 Å². The van der Waals surface area contributed by atoms with Gasteiger partial charge in [0, 0.05) is 4.90 Å². The zero-order valence-corrected chi connectivity index (χ0v) is 13.2. The molecule has 0 saturated carbocycles. The molecule has 0 aromatic heterocycles. The Balaban J connectivity index is 2.17. The van der Waals surface area contributed by atoms with Crippen LogP contribution in [0.2, 0.25) is 0 Å². The maximum atomic E-state index is 12.5. The molecule has 0 heterocycles. The molecule has 0 spiro atoms. The summed E-state index contributed by atoms with van der Waals surface area (Å²) in [6, 6.07) is 13.4. The van der Waals surface area contributed by atoms with Crippen molar-refractivity contribution in [3.8, 4) is 11.5 Å². The number of hydrogen-bond acceptors (Lipinski definition) is 4. The second kappa shape index (κ2) is 7.18. The molecule has 3 nitrogen and oxygen atoms in total. The highest BCUT2D eigenvalue weighted by atomic mass is 32.2. The Morgan fingerprint density at radius 3 is 2.24 bits per heavy atom. The van der Waals surface area contributed by atoms with E-state index < -0.39 is 0 Å². The first-order valence-electron chi connectivity index (χ1n) is 6.59. The van der Waals surface area contributed by atoms with E-state index in [4.69, 9.17) is 9.47 Å². The minimum atomic E-state index is -0.00388. The summed E-state index contributed by atoms with van der Waals surface area (Å²) in [5.41, 5.74) is 1.69. The van der Waals surface area contributed by atoms with Gasteiger partial charge in [0.25, 0.3) is 0 Å². The van der Waals surface area contributed by atoms with E-state index in [2.05, 4.69) is 6.07 Å². The van der Waals surface area contributed by atoms with Gasteiger partial charge in [0.05, 0.1) is 20.0 Å². The molecule has 0 aliphatic carbocycles. The van der Waals surface area contributed by atoms with Gasteiger partial charge >= 0.3 is 0 Å². The van der Waals surface area contributed by atoms with Crippen molar-refractivity contribution in [2.75, 3.05) is 20.0 Å². The largest absolute Gasteiger partial charge is 0.496 e. The van der Waals surface area contributed by atoms with E-state index >= 15 is 0 Å². The maximum absolute atomic E-state index is 12.5. The normalized spacial score (nSPS) is 10.2. The van der Waals surface area contributed by atoms with Crippen molar-refractivity contribution in [2.45, 2.75) is 11.8 Å². The predicted molar refractivity (Wildman–Crippen MR) is 85.8 cm³/mol. The van der Waals surface area contributed by atoms with Gasteiger partial charge in [-0.3, -0.25) is 4.79 Å². The summed E-state index contributed by atoms with van der Waals surface area (Å²) in [5.74, 6) is 1.43. The average molecular weight is 302 g/mol. The molecule has 0 amide bonds. The number of Topliss-reactive ketones (excluding diaryl/α,β-unsaturated/α-hetero) is 1. The highest BCUT2D eigenvalue weighted by Crippen LogP contribution is 2.30. The molecule has 110 valence electrons. The lowest BCUT2D eigenvalue weighted by atomic mass is 10.1. The van der Waals surface area contributed by atoms with Gasteiger partial charge in [0.15, 0.2) is 5.78 Å². The van der Waals surface area contributed by atoms with Crippen molar-refractivity contribution >= 4 is 17.5 Å². The molecule has 0 radical (unpaired) electrons. The summed E-state index contributed by atoms with van der Waals surface area (Å²) in [4.78, 5) is 13.6. The molecule has 21 heavy (non-hydrogen) atoms. The van der Waals surface area contributed by atoms with Gasteiger partial charge in [-0.15, -0.1) is 11.8 Å². The summed E-state index contributed by atoms with van der Waals surface area (Å²) >= 11 is 1.52. The van der Waals surface area contributed by atoms with Gasteiger partial charge in [-0.05, 0) is 31.2 Å². The lowest BCUT2D eigenvalue weighted by Crippen LogP contribution is -2.07. The van der Waals surface area contributed by atoms with Crippen LogP contribution < -0.4 is 9.47 Å². The van der Waals surface area contributed by atoms with Crippen molar-refractivity contribution in [1.82, 2.24) is 0 Å². The lowest BCUT2D eigenvalue weighted by Gasteiger charge is -2.11. The van der Waals surface area contributed by atoms with Crippen LogP contribution >= 0.6 is 11.8 Å². The van der Waals surface area contributed by atoms with Crippen LogP contribution in [0.5, 0.6) is 11.5 Å². The SMILES string of the molecule is COc1cccc(OC)c1C(=O)CSc1cccc(C)c1. The Kier molecular flexibility index (Phi) is 5.28. The molecule has 0 aliphatic heterocycles. The van der Waals surface area contributed by atoms with Crippen LogP contribution in [0.25, 0.3) is 0 Å². The van der Waals surface area contributed by atoms with Crippen LogP contribution in [0.4, 0.5) is 0 Å². The van der Waals surface area contributed by atoms with Gasteiger partial charge in [-0.2, -0.15) is 0 Å². The second-order valence-corrected chi connectivity index (χ2v) is 5.61. The number of methoxy groups -OCH3 is 2. The van der Waals surface area contributed by atoms with E-state index in [1.54, 1.807) is 26.4 Å². The van der Waals surface area contributed by atoms with E-state index in [0.29, 0.717) is 22.8 Å². The topological polar surface area (TPSA) is 35.5 Å². The molecule has 4 heteroatoms. The molecular weight excluding hydrogens is 284 g/mol. The predicted octanol–water partition coefficient (Wildman–Crippen LogP) is 3.99. The van der Waals surface area contributed by atoms with Crippen LogP contribution in [0.3, 0.4) is 0 Å². The van der Waals surface area contributed by atoms with E-state index in [1.807, 2.05) is 31.2 Å². The molecule has 0 unspecified atom stereocenters. The van der Waals surface area contributed by atoms with Crippen LogP contribution in [0.1, 0.15) is 15.9 Å². The number of ketones is 1. The van der Waals surface area contributed by atoms with Gasteiger partial charge in [-0.25, -0.2) is 0 Å². The Morgan fingerprint density at radius 1 is 1.05 bits per heavy atom. The molecule has 0 aliphatic rings. The molecule has 0 atom stereocenters. The van der Waals surface area contributed by atoms with Crippen LogP contribution in [0, 0.1) is 6.92 Å². The number of benzene rings is 2. The van der Waals surface area contributed by atoms with E-state index in [9.17, 15) is 4.79 Å². The molecule has 0 saturated heterocycles. The molecule has 0 fully saturated rings. The number of thioether (sulfide) groups is 1. The third kappa shape index (κ3) is 3.79. The van der Waals surface area contributed by atoms with E-state index in [-0.39, 0.29) is 5.78 Å². The van der Waals surface area contributed by atoms with Crippen molar-refractivity contribution in [3.63, 3.8) is 0 Å². The molecule has 2 aromatic rings. The van der Waals surface area contributed by atoms with Gasteiger partial charge in [-0.1, -0.05) is 23.8 Å². The quantitative estimate of drug-likeness (QED) is 0.597. The third-order valence-corrected chi connectivity index (χ3v) is 4.06. The molecule has 2 aromatic carbocycles. The fourth-order valence-corrected chi connectivity index (χ4v) is 2.94. The first-order chi connectivity index (χ1) is 10.2. The number of rotatable bonds is 6. The molecule has 0 bridgehead atoms. The Morgan fingerprint density at radius 2 is 1.67 bits per heavy atom. The number of aryl methyl sites for hydroxylation is 1. The smallest absolute Gasteiger partial charge is 0.180 e. The summed E-state index contributed by atoms with van der Waals surface area (Å²) < 4.78 is 10.5. The number of hydrogen-bond donors (Lipinski definition) is 0. The first-order valence-corrected chi connectivity index (χ1v) is 7.58. The third-order valence-electron chi connectivity index (χ3n) is 3.07. The summed E-state index contributed by atoms with van der Waals surface area (Å²) in [6.45, 7) is 2.04. The highest BCUT2D eigenvalue weighted by molar-refractivity contribution is 8.00. The maximum Gasteiger partial charge on any atom is 0.180 e. The monoisotopic (exact) mass is 302 g/mol. The standard InChI is InChI=1S/C17H18O3S/c1-12-6-4-7-13(10-12)21-11-14(18)17-15(19-2)8-5-9-16(17)20-3/h4-10H,11H2,1-3H3. The van der Waals surface area contributed by atoms with E-state index in [1.165, 1.54) is 17.3 Å². The second-order valence-electron chi connectivity index (χ2n) is 4.57. The summed E-state index contributed by atoms with van der Waals surface area (Å²) in [7, 11) is 3.11. The molecule has 0 N–H and O–H groups in total. The Labute approximate surface area is 129 Å². The number of carbonyl (C=O) groups is 1. The fraction of sp³-hybridized carbons (Fsp3) is 0.235. The van der Waals surface area contributed by atoms with E-state index in [0.717, 1.165) is 4.90 Å². The van der Waals surface area contributed by atoms with Crippen LogP contribution in [0.15, 0.2) is 47.4 Å². The van der Waals surface area contributed by atoms with Gasteiger partial charge in [0.1, 0.15) is 17.1 Å². The van der Waals surface area contributed by atoms with Crippen LogP contribution in [-0.2, 0) is 0 Å². The zero-order chi connectivity index (χ0) is 15.2. The van der Waals surface area contributed by atoms with Gasteiger partial charge < -0.3 is 9.47 Å². The first kappa shape index (κ1) is 15.4. The number of ether oxygens (including phenoxy) is 2. The molecular formula is C17H18O3S. The van der Waals surface area contributed by atoms with Crippen molar-refractivity contribution < 1.29 is 14.3 Å². The lowest BCUT2D eigenvalue weighted by molar-refractivity contribution is 0.101. The van der Waals surface area contributed by atoms with Crippen molar-refractivity contribution in [2.24, 2.45) is 0 Å². The highest BCUT2D eigenvalue weighted by Gasteiger charge is 2.18. The minimum Gasteiger partial charge on any atom is -0.496 e. The Bertz CT molecular complexity index is 615. The Hall–Kier alpha value is -1.94. The zero-order valence-electron chi connectivity index (χ0n) is 12.4. The van der Waals surface area contributed by atoms with Gasteiger partial charge in [0.2, 0.25) is 0 Å². The fourth-order valence-electron chi connectivity index (χ4n) is 2.05. The summed E-state index contributed by atoms with van der Waals surface area (Å²) in [6.07, 6.45) is 0. The number of carbonyl (C=O) groups excluding carboxylic acids is 1. The average Bonchev–Trinajstić information content (AvgIpc) is 2.51. The molecule has 2 rings (SSSR count). The van der Waals surface area contributed by atoms with Crippen molar-refractivity contribution in [1.29, 1.82) is 0 Å².